The zero-order valence-electron chi connectivity index (χ0n) is 14.1. The number of rotatable bonds is 5. The number of aromatic nitrogens is 4. The van der Waals surface area contributed by atoms with E-state index in [4.69, 9.17) is 4.74 Å². The highest BCUT2D eigenvalue weighted by Gasteiger charge is 2.12. The van der Waals surface area contributed by atoms with E-state index in [1.165, 1.54) is 0 Å². The second-order valence-corrected chi connectivity index (χ2v) is 5.71. The first-order valence-electron chi connectivity index (χ1n) is 7.79. The van der Waals surface area contributed by atoms with Crippen LogP contribution in [-0.4, -0.2) is 26.2 Å². The Morgan fingerprint density at radius 3 is 2.65 bits per heavy atom. The normalized spacial score (nSPS) is 11.0. The van der Waals surface area contributed by atoms with Crippen LogP contribution in [0.5, 0.6) is 5.75 Å². The average Bonchev–Trinajstić information content (AvgIpc) is 3.19. The van der Waals surface area contributed by atoms with Crippen LogP contribution in [0, 0.1) is 13.8 Å². The third-order valence-electron chi connectivity index (χ3n) is 4.08. The van der Waals surface area contributed by atoms with Crippen molar-refractivity contribution in [2.45, 2.75) is 33.9 Å². The van der Waals surface area contributed by atoms with E-state index in [1.54, 1.807) is 7.11 Å². The summed E-state index contributed by atoms with van der Waals surface area (Å²) in [4.78, 5) is 9.01. The lowest BCUT2D eigenvalue weighted by atomic mass is 10.0. The van der Waals surface area contributed by atoms with Crippen molar-refractivity contribution in [2.24, 2.45) is 0 Å². The van der Waals surface area contributed by atoms with Crippen LogP contribution < -0.4 is 4.74 Å². The summed E-state index contributed by atoms with van der Waals surface area (Å²) in [5.74, 6) is 1.87. The van der Waals surface area contributed by atoms with E-state index in [-0.39, 0.29) is 0 Å². The predicted octanol–water partition coefficient (Wildman–Crippen LogP) is 3.44. The second-order valence-electron chi connectivity index (χ2n) is 5.71. The van der Waals surface area contributed by atoms with Gasteiger partial charge in [0.05, 0.1) is 25.7 Å². The minimum atomic E-state index is 0.715. The summed E-state index contributed by atoms with van der Waals surface area (Å²) in [5, 5.41) is 0. The summed E-state index contributed by atoms with van der Waals surface area (Å²) in [6, 6.07) is 4.20. The Bertz CT molecular complexity index is 816. The molecule has 0 aliphatic heterocycles. The Labute approximate surface area is 136 Å². The van der Waals surface area contributed by atoms with Gasteiger partial charge in [-0.2, -0.15) is 0 Å². The Morgan fingerprint density at radius 2 is 1.96 bits per heavy atom. The third kappa shape index (κ3) is 2.99. The lowest BCUT2D eigenvalue weighted by molar-refractivity contribution is 0.411. The van der Waals surface area contributed by atoms with Gasteiger partial charge in [0.2, 0.25) is 0 Å². The quantitative estimate of drug-likeness (QED) is 0.725. The summed E-state index contributed by atoms with van der Waals surface area (Å²) in [6.07, 6.45) is 7.79. The monoisotopic (exact) mass is 310 g/mol. The number of aryl methyl sites for hydroxylation is 3. The van der Waals surface area contributed by atoms with Crippen molar-refractivity contribution in [3.63, 3.8) is 0 Å². The van der Waals surface area contributed by atoms with Crippen molar-refractivity contribution in [2.75, 3.05) is 7.11 Å². The Kier molecular flexibility index (Phi) is 4.19. The largest absolute Gasteiger partial charge is 0.496 e. The number of benzene rings is 1. The molecule has 0 unspecified atom stereocenters. The number of hydrogen-bond acceptors (Lipinski definition) is 3. The van der Waals surface area contributed by atoms with Crippen LogP contribution in [0.25, 0.3) is 11.4 Å². The molecule has 3 rings (SSSR count). The number of nitrogens with zero attached hydrogens (tertiary/aromatic N) is 4. The van der Waals surface area contributed by atoms with Gasteiger partial charge in [0.1, 0.15) is 11.6 Å². The molecular weight excluding hydrogens is 288 g/mol. The molecule has 0 aliphatic carbocycles. The van der Waals surface area contributed by atoms with Gasteiger partial charge in [-0.1, -0.05) is 0 Å². The van der Waals surface area contributed by atoms with E-state index in [9.17, 15) is 0 Å². The second kappa shape index (κ2) is 6.28. The van der Waals surface area contributed by atoms with Crippen LogP contribution in [0.4, 0.5) is 0 Å². The molecule has 0 N–H and O–H groups in total. The molecule has 0 saturated carbocycles. The lowest BCUT2D eigenvalue weighted by Gasteiger charge is -2.12. The van der Waals surface area contributed by atoms with Gasteiger partial charge in [-0.3, -0.25) is 0 Å². The fourth-order valence-electron chi connectivity index (χ4n) is 2.77. The first-order valence-corrected chi connectivity index (χ1v) is 7.79. The molecule has 0 amide bonds. The van der Waals surface area contributed by atoms with E-state index in [1.807, 2.05) is 18.7 Å². The number of hydrogen-bond donors (Lipinski definition) is 0. The molecule has 1 aromatic carbocycles. The van der Waals surface area contributed by atoms with E-state index in [0.29, 0.717) is 6.54 Å². The maximum absolute atomic E-state index is 5.40. The minimum absolute atomic E-state index is 0.715. The van der Waals surface area contributed by atoms with Gasteiger partial charge in [-0.25, -0.2) is 9.97 Å². The number of imidazole rings is 2. The molecule has 5 nitrogen and oxygen atoms in total. The van der Waals surface area contributed by atoms with E-state index in [2.05, 4.69) is 58.2 Å². The van der Waals surface area contributed by atoms with Gasteiger partial charge < -0.3 is 13.9 Å². The minimum Gasteiger partial charge on any atom is -0.496 e. The van der Waals surface area contributed by atoms with Crippen LogP contribution in [0.15, 0.2) is 37.1 Å². The molecule has 2 heterocycles. The Balaban J connectivity index is 1.96. The predicted molar refractivity (Wildman–Crippen MR) is 90.7 cm³/mol. The highest BCUT2D eigenvalue weighted by molar-refractivity contribution is 5.64. The number of ether oxygens (including phenoxy) is 1. The lowest BCUT2D eigenvalue weighted by Crippen LogP contribution is -2.03. The highest BCUT2D eigenvalue weighted by Crippen LogP contribution is 2.29. The molecule has 3 aromatic rings. The van der Waals surface area contributed by atoms with Crippen LogP contribution in [0.2, 0.25) is 0 Å². The van der Waals surface area contributed by atoms with Crippen LogP contribution in [-0.2, 0) is 13.1 Å². The topological polar surface area (TPSA) is 44.9 Å². The van der Waals surface area contributed by atoms with Crippen molar-refractivity contribution in [1.82, 2.24) is 19.1 Å². The molecule has 5 heteroatoms. The summed E-state index contributed by atoms with van der Waals surface area (Å²) in [6.45, 7) is 7.89. The maximum Gasteiger partial charge on any atom is 0.140 e. The summed E-state index contributed by atoms with van der Waals surface area (Å²) in [7, 11) is 1.70. The summed E-state index contributed by atoms with van der Waals surface area (Å²) in [5.41, 5.74) is 4.43. The van der Waals surface area contributed by atoms with Crippen LogP contribution in [0.3, 0.4) is 0 Å². The molecule has 0 spiro atoms. The van der Waals surface area contributed by atoms with Gasteiger partial charge in [0.25, 0.3) is 0 Å². The van der Waals surface area contributed by atoms with E-state index < -0.39 is 0 Å². The molecule has 0 saturated heterocycles. The van der Waals surface area contributed by atoms with Crippen molar-refractivity contribution < 1.29 is 4.74 Å². The third-order valence-corrected chi connectivity index (χ3v) is 4.08. The molecule has 0 bridgehead atoms. The molecule has 0 radical (unpaired) electrons. The smallest absolute Gasteiger partial charge is 0.140 e. The zero-order chi connectivity index (χ0) is 16.4. The van der Waals surface area contributed by atoms with Gasteiger partial charge in [-0.05, 0) is 44.0 Å². The standard InChI is InChI=1S/C18H22N4O/c1-5-21-10-15(20-12-21)11-22-7-6-19-18(22)16-8-14(3)17(23-4)9-13(16)2/h6-10,12H,5,11H2,1-4H3. The molecule has 2 aromatic heterocycles. The highest BCUT2D eigenvalue weighted by atomic mass is 16.5. The van der Waals surface area contributed by atoms with Gasteiger partial charge in [0, 0.05) is 30.7 Å². The van der Waals surface area contributed by atoms with Crippen LogP contribution in [0.1, 0.15) is 23.7 Å². The molecule has 0 fully saturated rings. The average molecular weight is 310 g/mol. The van der Waals surface area contributed by atoms with Crippen LogP contribution >= 0.6 is 0 Å². The van der Waals surface area contributed by atoms with Crippen molar-refractivity contribution in [3.8, 4) is 17.1 Å². The maximum atomic E-state index is 5.40. The van der Waals surface area contributed by atoms with Crippen molar-refractivity contribution in [3.05, 3.63) is 53.9 Å². The summed E-state index contributed by atoms with van der Waals surface area (Å²) >= 11 is 0. The SMILES string of the molecule is CCn1cnc(Cn2ccnc2-c2cc(C)c(OC)cc2C)c1. The van der Waals surface area contributed by atoms with Crippen molar-refractivity contribution >= 4 is 0 Å². The molecular formula is C18H22N4O. The van der Waals surface area contributed by atoms with Gasteiger partial charge >= 0.3 is 0 Å². The Morgan fingerprint density at radius 1 is 1.13 bits per heavy atom. The zero-order valence-corrected chi connectivity index (χ0v) is 14.1. The molecule has 23 heavy (non-hydrogen) atoms. The number of methoxy groups -OCH3 is 1. The Hall–Kier alpha value is -2.56. The van der Waals surface area contributed by atoms with Crippen molar-refractivity contribution in [1.29, 1.82) is 0 Å². The van der Waals surface area contributed by atoms with E-state index in [0.717, 1.165) is 40.5 Å². The molecule has 0 atom stereocenters. The van der Waals surface area contributed by atoms with E-state index >= 15 is 0 Å². The van der Waals surface area contributed by atoms with Gasteiger partial charge in [-0.15, -0.1) is 0 Å². The first kappa shape index (κ1) is 15.3. The first-order chi connectivity index (χ1) is 11.1. The fourth-order valence-corrected chi connectivity index (χ4v) is 2.77. The van der Waals surface area contributed by atoms with Gasteiger partial charge in [0.15, 0.2) is 0 Å². The summed E-state index contributed by atoms with van der Waals surface area (Å²) < 4.78 is 9.61. The molecule has 120 valence electrons. The fraction of sp³-hybridized carbons (Fsp3) is 0.333. The molecule has 0 aliphatic rings.